The van der Waals surface area contributed by atoms with Crippen LogP contribution in [0, 0.1) is 24.2 Å². The quantitative estimate of drug-likeness (QED) is 0.0167. The van der Waals surface area contributed by atoms with Crippen molar-refractivity contribution in [2.24, 2.45) is 17.8 Å². The van der Waals surface area contributed by atoms with Gasteiger partial charge >= 0.3 is 23.9 Å². The summed E-state index contributed by atoms with van der Waals surface area (Å²) in [5, 5.41) is 11.4. The molecule has 53 heavy (non-hydrogen) atoms. The van der Waals surface area contributed by atoms with E-state index < -0.39 is 12.1 Å². The van der Waals surface area contributed by atoms with Gasteiger partial charge in [0.05, 0.1) is 24.4 Å². The topological polar surface area (TPSA) is 156 Å². The molecule has 0 aliphatic heterocycles. The Balaban J connectivity index is -0.000000530. The predicted octanol–water partition coefficient (Wildman–Crippen LogP) is 8.29. The Bertz CT molecular complexity index is 835. The van der Waals surface area contributed by atoms with E-state index in [9.17, 15) is 19.2 Å². The largest absolute Gasteiger partial charge is 0.498 e. The maximum absolute atomic E-state index is 12.3. The van der Waals surface area contributed by atoms with Crippen LogP contribution in [0.15, 0.2) is 0 Å². The van der Waals surface area contributed by atoms with Crippen molar-refractivity contribution in [3.8, 4) is 0 Å². The van der Waals surface area contributed by atoms with Crippen molar-refractivity contribution in [1.82, 2.24) is 5.32 Å². The molecule has 1 radical (unpaired) electrons. The zero-order chi connectivity index (χ0) is 39.8. The number of nitrogens with one attached hydrogen (secondary N) is 1. The SMILES string of the molecule is CC.CCCCCCC(C)C(=O)OCC(COC(=O)C(C)CCC)OC(=O)CCCNCCCOO.CCCCCCC(C)C(=O)OC[CH-]COC.[Y]. The molecule has 313 valence electrons. The summed E-state index contributed by atoms with van der Waals surface area (Å²) in [6.07, 6.45) is 14.8. The number of methoxy groups -OCH3 is 1. The Morgan fingerprint density at radius 2 is 1.13 bits per heavy atom. The first-order chi connectivity index (χ1) is 25.1. The molecule has 0 amide bonds. The second-order valence-electron chi connectivity index (χ2n) is 13.0. The smallest absolute Gasteiger partial charge is 0.308 e. The summed E-state index contributed by atoms with van der Waals surface area (Å²) in [4.78, 5) is 52.3. The van der Waals surface area contributed by atoms with Crippen molar-refractivity contribution in [2.75, 3.05) is 53.2 Å². The van der Waals surface area contributed by atoms with Crippen LogP contribution in [0.3, 0.4) is 0 Å². The number of hydrogen-bond acceptors (Lipinski definition) is 12. The van der Waals surface area contributed by atoms with Crippen molar-refractivity contribution in [3.05, 3.63) is 6.42 Å². The summed E-state index contributed by atoms with van der Waals surface area (Å²) in [5.41, 5.74) is 0. The van der Waals surface area contributed by atoms with Crippen LogP contribution in [0.4, 0.5) is 0 Å². The van der Waals surface area contributed by atoms with Gasteiger partial charge in [0.15, 0.2) is 6.10 Å². The van der Waals surface area contributed by atoms with Gasteiger partial charge < -0.3 is 29.0 Å². The average Bonchev–Trinajstić information content (AvgIpc) is 3.14. The molecule has 12 nitrogen and oxygen atoms in total. The van der Waals surface area contributed by atoms with E-state index in [1.807, 2.05) is 41.0 Å². The van der Waals surface area contributed by atoms with E-state index in [2.05, 4.69) is 24.1 Å². The minimum absolute atomic E-state index is 0. The van der Waals surface area contributed by atoms with E-state index in [1.54, 1.807) is 14.0 Å². The summed E-state index contributed by atoms with van der Waals surface area (Å²) in [6.45, 7) is 18.0. The number of esters is 4. The summed E-state index contributed by atoms with van der Waals surface area (Å²) >= 11 is 0. The average molecular weight is 838 g/mol. The summed E-state index contributed by atoms with van der Waals surface area (Å²) in [5.74, 6) is -1.67. The van der Waals surface area contributed by atoms with E-state index >= 15 is 0 Å². The van der Waals surface area contributed by atoms with Gasteiger partial charge in [-0.15, -0.1) is 0 Å². The zero-order valence-electron chi connectivity index (χ0n) is 35.1. The molecule has 4 atom stereocenters. The molecular formula is C40H78NO11Y-. The second-order valence-corrected chi connectivity index (χ2v) is 13.0. The first kappa shape index (κ1) is 58.5. The molecule has 13 heteroatoms. The molecule has 0 saturated carbocycles. The van der Waals surface area contributed by atoms with E-state index in [0.29, 0.717) is 45.6 Å². The van der Waals surface area contributed by atoms with Crippen LogP contribution in [-0.4, -0.2) is 88.5 Å². The Hall–Kier alpha value is -1.18. The molecule has 0 aliphatic rings. The van der Waals surface area contributed by atoms with E-state index in [-0.39, 0.29) is 94.6 Å². The summed E-state index contributed by atoms with van der Waals surface area (Å²) in [7, 11) is 1.62. The molecule has 0 aliphatic carbocycles. The fourth-order valence-corrected chi connectivity index (χ4v) is 4.73. The monoisotopic (exact) mass is 837 g/mol. The van der Waals surface area contributed by atoms with Crippen LogP contribution in [-0.2, 0) is 80.5 Å². The van der Waals surface area contributed by atoms with Crippen LogP contribution < -0.4 is 5.32 Å². The normalized spacial score (nSPS) is 12.6. The van der Waals surface area contributed by atoms with Gasteiger partial charge in [-0.05, 0) is 51.8 Å². The number of rotatable bonds is 32. The number of carbonyl (C=O) groups excluding carboxylic acids is 4. The molecule has 0 bridgehead atoms. The molecule has 0 heterocycles. The number of unbranched alkanes of at least 4 members (excludes halogenated alkanes) is 6. The van der Waals surface area contributed by atoms with Crippen LogP contribution in [0.5, 0.6) is 0 Å². The Morgan fingerprint density at radius 3 is 1.60 bits per heavy atom. The minimum Gasteiger partial charge on any atom is -0.498 e. The predicted molar refractivity (Wildman–Crippen MR) is 206 cm³/mol. The van der Waals surface area contributed by atoms with Crippen LogP contribution in [0.25, 0.3) is 0 Å². The molecule has 2 N–H and O–H groups in total. The van der Waals surface area contributed by atoms with Gasteiger partial charge in [0, 0.05) is 46.2 Å². The van der Waals surface area contributed by atoms with Gasteiger partial charge in [0.25, 0.3) is 0 Å². The van der Waals surface area contributed by atoms with Crippen LogP contribution in [0.1, 0.15) is 152 Å². The van der Waals surface area contributed by atoms with E-state index in [4.69, 9.17) is 28.9 Å². The van der Waals surface area contributed by atoms with Crippen molar-refractivity contribution < 1.29 is 85.7 Å². The van der Waals surface area contributed by atoms with E-state index in [0.717, 1.165) is 51.4 Å². The fourth-order valence-electron chi connectivity index (χ4n) is 4.73. The van der Waals surface area contributed by atoms with Gasteiger partial charge in [-0.1, -0.05) is 120 Å². The third-order valence-corrected chi connectivity index (χ3v) is 7.98. The van der Waals surface area contributed by atoms with Crippen molar-refractivity contribution in [3.63, 3.8) is 0 Å². The Labute approximate surface area is 348 Å². The molecular weight excluding hydrogens is 759 g/mol. The maximum Gasteiger partial charge on any atom is 0.308 e. The molecule has 0 aromatic carbocycles. The van der Waals surface area contributed by atoms with E-state index in [1.165, 1.54) is 19.3 Å². The number of hydrogen-bond donors (Lipinski definition) is 2. The molecule has 0 fully saturated rings. The standard InChI is InChI=1S/C25H47NO8.C13H25O3.C2H6.Y/c1-5-7-8-9-13-21(4)25(29)32-19-22(18-31-24(28)20(3)12-6-2)34-23(27)14-10-15-26-16-11-17-33-30;1-4-5-6-7-9-12(2)13(14)16-11-8-10-15-3;1-2;/h20-22,26,30H,5-19H2,1-4H3;8,12H,4-7,9-11H2,1-3H3;1-2H3;/q;-1;;. The maximum atomic E-state index is 12.3. The van der Waals surface area contributed by atoms with Crippen molar-refractivity contribution in [1.29, 1.82) is 0 Å². The van der Waals surface area contributed by atoms with Crippen molar-refractivity contribution in [2.45, 2.75) is 158 Å². The molecule has 0 rings (SSSR count). The molecule has 0 spiro atoms. The molecule has 0 aromatic heterocycles. The zero-order valence-corrected chi connectivity index (χ0v) is 37.9. The first-order valence-electron chi connectivity index (χ1n) is 20.0. The minimum atomic E-state index is -0.837. The number of ether oxygens (including phenoxy) is 5. The van der Waals surface area contributed by atoms with Gasteiger partial charge in [-0.2, -0.15) is 0 Å². The van der Waals surface area contributed by atoms with Crippen LogP contribution >= 0.6 is 0 Å². The van der Waals surface area contributed by atoms with Crippen LogP contribution in [0.2, 0.25) is 0 Å². The Morgan fingerprint density at radius 1 is 0.642 bits per heavy atom. The first-order valence-corrected chi connectivity index (χ1v) is 20.0. The third kappa shape index (κ3) is 40.3. The summed E-state index contributed by atoms with van der Waals surface area (Å²) < 4.78 is 26.1. The van der Waals surface area contributed by atoms with Gasteiger partial charge in [-0.25, -0.2) is 4.89 Å². The molecule has 0 saturated heterocycles. The number of carbonyl (C=O) groups is 4. The van der Waals surface area contributed by atoms with Gasteiger partial charge in [0.2, 0.25) is 0 Å². The van der Waals surface area contributed by atoms with Gasteiger partial charge in [-0.3, -0.25) is 30.9 Å². The van der Waals surface area contributed by atoms with Gasteiger partial charge in [0.1, 0.15) is 13.2 Å². The summed E-state index contributed by atoms with van der Waals surface area (Å²) in [6, 6.07) is 0. The molecule has 4 unspecified atom stereocenters. The fraction of sp³-hybridized carbons (Fsp3) is 0.875. The third-order valence-electron chi connectivity index (χ3n) is 7.98. The molecule has 0 aromatic rings. The second kappa shape index (κ2) is 45.2. The van der Waals surface area contributed by atoms with Crippen molar-refractivity contribution >= 4 is 23.9 Å². The Kier molecular flexibility index (Phi) is 49.9.